The molecule has 36 heteroatoms. The van der Waals surface area contributed by atoms with Gasteiger partial charge in [0.25, 0.3) is 5.91 Å². The third kappa shape index (κ3) is 24.6. The van der Waals surface area contributed by atoms with Gasteiger partial charge in [-0.3, -0.25) is 26.9 Å². The van der Waals surface area contributed by atoms with Gasteiger partial charge in [-0.15, -0.1) is 0 Å². The Morgan fingerprint density at radius 1 is 0.773 bits per heavy atom. The van der Waals surface area contributed by atoms with Gasteiger partial charge in [0.2, 0.25) is 37.1 Å². The van der Waals surface area contributed by atoms with Crippen LogP contribution in [0.1, 0.15) is 91.4 Å². The minimum Gasteiger partial charge on any atom is -0.726 e. The van der Waals surface area contributed by atoms with Crippen LogP contribution in [0, 0.1) is 17.8 Å². The number of rotatable bonds is 26. The van der Waals surface area contributed by atoms with Crippen LogP contribution in [-0.4, -0.2) is 200 Å². The molecule has 2 saturated carbocycles. The number of hydrogen-bond donors (Lipinski definition) is 7. The minimum atomic E-state index is -5.94. The number of carbonyl (C=O) groups excluding carboxylic acids is 4. The van der Waals surface area contributed by atoms with E-state index in [1.807, 2.05) is 5.32 Å². The number of carboxylic acid groups (broad SMARTS) is 1. The number of hydrogen-bond acceptors (Lipinski definition) is 27. The minimum absolute atomic E-state index is 0. The molecule has 412 valence electrons. The molecule has 0 spiro atoms. The van der Waals surface area contributed by atoms with Gasteiger partial charge in [-0.05, 0) is 44.4 Å². The molecule has 17 atom stereocenters. The van der Waals surface area contributed by atoms with Crippen molar-refractivity contribution in [2.45, 2.75) is 183 Å². The molecule has 7 unspecified atom stereocenters. The second-order valence-corrected chi connectivity index (χ2v) is 21.0. The van der Waals surface area contributed by atoms with Crippen molar-refractivity contribution < 1.29 is 243 Å². The average Bonchev–Trinajstić information content (AvgIpc) is 3.27. The number of carbonyl (C=O) groups is 4. The van der Waals surface area contributed by atoms with E-state index in [1.165, 1.54) is 6.92 Å². The predicted octanol–water partition coefficient (Wildman–Crippen LogP) is -17.3. The SMILES string of the molecule is CCC1CC(C(=O)CCCNC(=O)[C@@H](OS(=O)(=O)[O-])[C@H](COS(=O)(=O)[O-])OS(=O)(=O)[O-])C[C@@H](O[C@@H]2OC(CO)[C@H](O)C(O[C@@H](CC3CCCCC3)C(=O)[O-])C2NC(C)=O)[C@@H]1O[C@@H]1OC(C)[C@@H](O)C(O)[C@@H]1O.[Na+].[Na+].[Na+].[Na+]. The molecule has 2 aliphatic carbocycles. The van der Waals surface area contributed by atoms with E-state index in [-0.39, 0.29) is 156 Å². The largest absolute Gasteiger partial charge is 1.00 e. The molecule has 2 heterocycles. The molecule has 29 nitrogen and oxygen atoms in total. The summed E-state index contributed by atoms with van der Waals surface area (Å²) in [6.07, 6.45) is -20.7. The van der Waals surface area contributed by atoms with Crippen molar-refractivity contribution in [1.82, 2.24) is 10.6 Å². The van der Waals surface area contributed by atoms with Crippen molar-refractivity contribution in [2.24, 2.45) is 17.8 Å². The molecule has 2 saturated heterocycles. The van der Waals surface area contributed by atoms with Crippen LogP contribution in [0.5, 0.6) is 0 Å². The van der Waals surface area contributed by atoms with Gasteiger partial charge in [-0.2, -0.15) is 0 Å². The van der Waals surface area contributed by atoms with Gasteiger partial charge in [0, 0.05) is 25.8 Å². The summed E-state index contributed by atoms with van der Waals surface area (Å²) in [4.78, 5) is 52.2. The fraction of sp³-hybridized carbons (Fsp3) is 0.897. The molecule has 0 aromatic rings. The van der Waals surface area contributed by atoms with Crippen molar-refractivity contribution in [1.29, 1.82) is 0 Å². The second-order valence-electron chi connectivity index (χ2n) is 17.9. The quantitative estimate of drug-likeness (QED) is 0.0183. The van der Waals surface area contributed by atoms with Crippen LogP contribution >= 0.6 is 0 Å². The Balaban J connectivity index is 0.0000137. The van der Waals surface area contributed by atoms with Crippen molar-refractivity contribution in [3.05, 3.63) is 0 Å². The second kappa shape index (κ2) is 34.8. The summed E-state index contributed by atoms with van der Waals surface area (Å²) in [6, 6.07) is -1.51. The molecule has 0 aromatic carbocycles. The van der Waals surface area contributed by atoms with Gasteiger partial charge >= 0.3 is 118 Å². The molecule has 0 radical (unpaired) electrons. The van der Waals surface area contributed by atoms with Crippen molar-refractivity contribution in [3.63, 3.8) is 0 Å². The van der Waals surface area contributed by atoms with E-state index in [2.05, 4.69) is 17.9 Å². The van der Waals surface area contributed by atoms with E-state index in [0.717, 1.165) is 26.2 Å². The monoisotopic (exact) mass is 1180 g/mol. The third-order valence-corrected chi connectivity index (χ3v) is 14.1. The van der Waals surface area contributed by atoms with E-state index in [4.69, 9.17) is 23.7 Å². The summed E-state index contributed by atoms with van der Waals surface area (Å²) in [6.45, 7) is 0.975. The molecule has 2 amide bonds. The summed E-state index contributed by atoms with van der Waals surface area (Å²) >= 11 is 0. The predicted molar refractivity (Wildman–Crippen MR) is 225 cm³/mol. The van der Waals surface area contributed by atoms with Crippen LogP contribution in [-0.2, 0) is 86.6 Å². The third-order valence-electron chi connectivity index (χ3n) is 12.7. The van der Waals surface area contributed by atoms with Gasteiger partial charge in [-0.25, -0.2) is 25.3 Å². The van der Waals surface area contributed by atoms with Crippen LogP contribution in [0.2, 0.25) is 0 Å². The van der Waals surface area contributed by atoms with E-state index in [0.29, 0.717) is 12.8 Å². The van der Waals surface area contributed by atoms with Crippen LogP contribution in [0.4, 0.5) is 0 Å². The van der Waals surface area contributed by atoms with Gasteiger partial charge in [0.1, 0.15) is 54.6 Å². The first-order valence-electron chi connectivity index (χ1n) is 22.8. The zero-order valence-corrected chi connectivity index (χ0v) is 53.2. The topological polar surface area (TPSA) is 462 Å². The van der Waals surface area contributed by atoms with Crippen molar-refractivity contribution >= 4 is 54.8 Å². The number of ether oxygens (including phenoxy) is 5. The fourth-order valence-corrected chi connectivity index (χ4v) is 10.5. The van der Waals surface area contributed by atoms with Gasteiger partial charge < -0.3 is 83.4 Å². The Bertz CT molecular complexity index is 2130. The Kier molecular flexibility index (Phi) is 35.4. The van der Waals surface area contributed by atoms with Gasteiger partial charge in [-0.1, -0.05) is 45.4 Å². The zero-order valence-electron chi connectivity index (χ0n) is 42.7. The van der Waals surface area contributed by atoms with Crippen LogP contribution in [0.3, 0.4) is 0 Å². The average molecular weight is 1180 g/mol. The maximum Gasteiger partial charge on any atom is 1.00 e. The van der Waals surface area contributed by atoms with E-state index in [9.17, 15) is 88.7 Å². The first kappa shape index (κ1) is 76.3. The van der Waals surface area contributed by atoms with E-state index in [1.54, 1.807) is 6.92 Å². The Morgan fingerprint density at radius 2 is 1.39 bits per heavy atom. The van der Waals surface area contributed by atoms with Gasteiger partial charge in [0.15, 0.2) is 18.7 Å². The Labute approximate surface area is 523 Å². The molecule has 2 aliphatic heterocycles. The Morgan fingerprint density at radius 3 is 1.92 bits per heavy atom. The normalized spacial score (nSPS) is 31.8. The molecule has 4 fully saturated rings. The summed E-state index contributed by atoms with van der Waals surface area (Å²) < 4.78 is 143. The number of Topliss-reactive ketones (excluding diaryl/α,β-unsaturated/α-hetero) is 1. The summed E-state index contributed by atoms with van der Waals surface area (Å²) in [5.41, 5.74) is 0. The summed E-state index contributed by atoms with van der Waals surface area (Å²) in [5, 5.41) is 70.8. The van der Waals surface area contributed by atoms with Crippen molar-refractivity contribution in [2.75, 3.05) is 19.8 Å². The summed E-state index contributed by atoms with van der Waals surface area (Å²) in [7, 11) is -17.5. The smallest absolute Gasteiger partial charge is 0.726 e. The van der Waals surface area contributed by atoms with Crippen LogP contribution < -0.4 is 134 Å². The first-order chi connectivity index (χ1) is 33.0. The number of aliphatic carboxylic acids is 1. The Hall–Kier alpha value is 1.29. The molecule has 0 aromatic heterocycles. The maximum atomic E-state index is 14.0. The fourth-order valence-electron chi connectivity index (χ4n) is 9.26. The first-order valence-corrected chi connectivity index (χ1v) is 26.8. The number of aliphatic hydroxyl groups excluding tert-OH is 5. The molecular weight excluding hydrogens is 1120 g/mol. The van der Waals surface area contributed by atoms with Crippen LogP contribution in [0.25, 0.3) is 0 Å². The molecule has 0 bridgehead atoms. The number of carboxylic acids is 1. The maximum absolute atomic E-state index is 14.0. The standard InChI is InChI=1S/C39H66N2O27S3.4Na/c1-4-21-14-22(23(44)11-8-12-40-36(49)34(68-71(58,59)60)27(67-70(55,56)57)17-61-69(52,53)54)15-24(33(21)66-39-32(48)31(47)29(45)18(2)62-39)64-38-28(41-19(3)43)35(30(46)26(16-42)65-38)63-25(37(50)51)13-20-9-6-5-7-10-20;;;;/h18,20-22,24-35,38-39,42,45-48H,4-17H2,1-3H3,(H,40,49)(H,41,43)(H,50,51)(H,52,53,54)(H,55,56,57)(H,58,59,60);;;;/q;4*+1/p-4/t18?,21?,22?,24-,25+,26?,27+,28?,29-,30+,31?,32+,33-,34+,35?,38-,39+;;;;/m1..../s1. The molecule has 75 heavy (non-hydrogen) atoms. The molecule has 4 rings (SSSR count). The molecule has 4 aliphatic rings. The zero-order chi connectivity index (χ0) is 53.2. The number of amides is 2. The van der Waals surface area contributed by atoms with E-state index < -0.39 is 185 Å². The van der Waals surface area contributed by atoms with Gasteiger partial charge in [0.05, 0.1) is 43.6 Å². The number of nitrogens with one attached hydrogen (secondary N) is 2. The number of ketones is 1. The number of aliphatic hydroxyl groups is 5. The molecular formula is C39H62N2Na4O27S3. The summed E-state index contributed by atoms with van der Waals surface area (Å²) in [5.74, 6) is -6.23. The molecule has 7 N–H and O–H groups in total. The van der Waals surface area contributed by atoms with Crippen molar-refractivity contribution in [3.8, 4) is 0 Å². The van der Waals surface area contributed by atoms with Crippen LogP contribution in [0.15, 0.2) is 0 Å². The van der Waals surface area contributed by atoms with E-state index >= 15 is 0 Å².